The summed E-state index contributed by atoms with van der Waals surface area (Å²) in [5.74, 6) is 0.223. The molecule has 3 aromatic carbocycles. The second-order valence-electron chi connectivity index (χ2n) is 8.58. The predicted octanol–water partition coefficient (Wildman–Crippen LogP) is 7.71. The third-order valence-corrected chi connectivity index (χ3v) is 6.92. The zero-order valence-corrected chi connectivity index (χ0v) is 22.9. The van der Waals surface area contributed by atoms with Crippen LogP contribution in [0.25, 0.3) is 0 Å². The number of halogens is 2. The van der Waals surface area contributed by atoms with Crippen LogP contribution in [0.4, 0.5) is 0 Å². The number of ether oxygens (including phenoxy) is 2. The van der Waals surface area contributed by atoms with Gasteiger partial charge in [0.15, 0.2) is 5.75 Å². The molecule has 5 nitrogen and oxygen atoms in total. The zero-order chi connectivity index (χ0) is 25.2. The minimum Gasteiger partial charge on any atom is -0.496 e. The molecule has 2 unspecified atom stereocenters. The summed E-state index contributed by atoms with van der Waals surface area (Å²) in [6, 6.07) is 14.9. The van der Waals surface area contributed by atoms with Crippen molar-refractivity contribution in [1.82, 2.24) is 0 Å². The average molecular weight is 592 g/mol. The largest absolute Gasteiger partial charge is 0.496 e. The minimum atomic E-state index is -0.936. The molecule has 3 aromatic rings. The number of aliphatic hydroxyl groups is 1. The first-order chi connectivity index (χ1) is 16.0. The van der Waals surface area contributed by atoms with Crippen LogP contribution in [-0.4, -0.2) is 23.3 Å². The van der Waals surface area contributed by atoms with Gasteiger partial charge in [0.25, 0.3) is 0 Å². The molecule has 0 heterocycles. The van der Waals surface area contributed by atoms with Crippen LogP contribution in [0.3, 0.4) is 0 Å². The lowest BCUT2D eigenvalue weighted by atomic mass is 9.94. The Bertz CT molecular complexity index is 1180. The van der Waals surface area contributed by atoms with E-state index in [1.54, 1.807) is 26.2 Å². The Hall–Kier alpha value is -2.35. The third kappa shape index (κ3) is 5.65. The molecule has 180 valence electrons. The lowest BCUT2D eigenvalue weighted by Crippen LogP contribution is -2.08. The second-order valence-corrected chi connectivity index (χ2v) is 10.3. The predicted molar refractivity (Wildman–Crippen MR) is 140 cm³/mol. The summed E-state index contributed by atoms with van der Waals surface area (Å²) >= 11 is 7.06. The van der Waals surface area contributed by atoms with E-state index >= 15 is 0 Å². The van der Waals surface area contributed by atoms with Gasteiger partial charge in [0.2, 0.25) is 0 Å². The number of aliphatic carboxylic acids is 1. The first-order valence-corrected chi connectivity index (χ1v) is 12.5. The first kappa shape index (κ1) is 26.3. The summed E-state index contributed by atoms with van der Waals surface area (Å²) in [6.07, 6.45) is -0.936. The lowest BCUT2D eigenvalue weighted by molar-refractivity contribution is -0.138. The van der Waals surface area contributed by atoms with Crippen LogP contribution in [-0.2, 0) is 4.79 Å². The summed E-state index contributed by atoms with van der Waals surface area (Å²) in [7, 11) is 1.61. The van der Waals surface area contributed by atoms with E-state index in [0.717, 1.165) is 16.7 Å². The summed E-state index contributed by atoms with van der Waals surface area (Å²) in [5, 5.41) is 20.7. The van der Waals surface area contributed by atoms with Crippen molar-refractivity contribution in [3.8, 4) is 17.2 Å². The molecule has 0 aliphatic heterocycles. The highest BCUT2D eigenvalue weighted by molar-refractivity contribution is 9.11. The quantitative estimate of drug-likeness (QED) is 0.280. The molecular weight excluding hydrogens is 564 g/mol. The van der Waals surface area contributed by atoms with Crippen LogP contribution >= 0.6 is 31.9 Å². The summed E-state index contributed by atoms with van der Waals surface area (Å²) in [4.78, 5) is 11.4. The van der Waals surface area contributed by atoms with Gasteiger partial charge in [-0.1, -0.05) is 43.7 Å². The Morgan fingerprint density at radius 3 is 2.06 bits per heavy atom. The van der Waals surface area contributed by atoms with Gasteiger partial charge in [0, 0.05) is 11.1 Å². The Labute approximate surface area is 217 Å². The zero-order valence-electron chi connectivity index (χ0n) is 19.7. The van der Waals surface area contributed by atoms with Crippen LogP contribution in [0, 0.1) is 6.92 Å². The highest BCUT2D eigenvalue weighted by Crippen LogP contribution is 2.44. The van der Waals surface area contributed by atoms with Gasteiger partial charge in [0.1, 0.15) is 17.6 Å². The van der Waals surface area contributed by atoms with Crippen molar-refractivity contribution in [2.75, 3.05) is 7.11 Å². The Morgan fingerprint density at radius 2 is 1.53 bits per heavy atom. The van der Waals surface area contributed by atoms with E-state index in [0.29, 0.717) is 37.3 Å². The minimum absolute atomic E-state index is 0.160. The number of benzene rings is 3. The lowest BCUT2D eigenvalue weighted by Gasteiger charge is -2.22. The van der Waals surface area contributed by atoms with Crippen LogP contribution in [0.2, 0.25) is 0 Å². The van der Waals surface area contributed by atoms with Gasteiger partial charge in [-0.15, -0.1) is 0 Å². The maximum atomic E-state index is 11.4. The molecule has 0 saturated heterocycles. The standard InChI is InChI=1S/C27H28Br2O5/c1-14(2)19-12-24(34-26-21(28)10-18(11-22(26)29)16(4)27(31)32)20(13-23(19)33-5)25(30)17-8-6-7-15(3)9-17/h6-14,16,25,30H,1-5H3,(H,31,32). The fourth-order valence-electron chi connectivity index (χ4n) is 3.72. The fraction of sp³-hybridized carbons (Fsp3) is 0.296. The number of hydrogen-bond acceptors (Lipinski definition) is 4. The van der Waals surface area contributed by atoms with Gasteiger partial charge >= 0.3 is 5.97 Å². The van der Waals surface area contributed by atoms with Crippen LogP contribution in [0.1, 0.15) is 66.5 Å². The monoisotopic (exact) mass is 590 g/mol. The van der Waals surface area contributed by atoms with Gasteiger partial charge in [-0.3, -0.25) is 4.79 Å². The molecule has 7 heteroatoms. The van der Waals surface area contributed by atoms with Gasteiger partial charge in [-0.25, -0.2) is 0 Å². The molecule has 0 aliphatic carbocycles. The number of carboxylic acid groups (broad SMARTS) is 1. The number of aliphatic hydroxyl groups excluding tert-OH is 1. The smallest absolute Gasteiger partial charge is 0.310 e. The maximum absolute atomic E-state index is 11.4. The maximum Gasteiger partial charge on any atom is 0.310 e. The van der Waals surface area contributed by atoms with Gasteiger partial charge < -0.3 is 19.7 Å². The summed E-state index contributed by atoms with van der Waals surface area (Å²) < 4.78 is 13.2. The molecule has 3 rings (SSSR count). The SMILES string of the molecule is COc1cc(C(O)c2cccc(C)c2)c(Oc2c(Br)cc(C(C)C(=O)O)cc2Br)cc1C(C)C. The molecule has 0 fully saturated rings. The highest BCUT2D eigenvalue weighted by Gasteiger charge is 2.24. The molecule has 0 aromatic heterocycles. The van der Waals surface area contributed by atoms with E-state index in [9.17, 15) is 15.0 Å². The van der Waals surface area contributed by atoms with E-state index < -0.39 is 18.0 Å². The van der Waals surface area contributed by atoms with Gasteiger partial charge in [-0.05, 0) is 87.0 Å². The highest BCUT2D eigenvalue weighted by atomic mass is 79.9. The number of aryl methyl sites for hydroxylation is 1. The van der Waals surface area contributed by atoms with Crippen molar-refractivity contribution in [3.05, 3.63) is 85.3 Å². The first-order valence-electron chi connectivity index (χ1n) is 10.9. The van der Waals surface area contributed by atoms with E-state index in [-0.39, 0.29) is 5.92 Å². The van der Waals surface area contributed by atoms with E-state index in [1.807, 2.05) is 43.3 Å². The Morgan fingerprint density at radius 1 is 0.912 bits per heavy atom. The van der Waals surface area contributed by atoms with Gasteiger partial charge in [-0.2, -0.15) is 0 Å². The molecule has 2 N–H and O–H groups in total. The molecular formula is C27H28Br2O5. The van der Waals surface area contributed by atoms with Crippen molar-refractivity contribution in [1.29, 1.82) is 0 Å². The van der Waals surface area contributed by atoms with E-state index in [2.05, 4.69) is 45.7 Å². The number of carboxylic acids is 1. The third-order valence-electron chi connectivity index (χ3n) is 5.74. The molecule has 0 amide bonds. The average Bonchev–Trinajstić information content (AvgIpc) is 2.79. The van der Waals surface area contributed by atoms with Gasteiger partial charge in [0.05, 0.1) is 22.0 Å². The van der Waals surface area contributed by atoms with Crippen LogP contribution in [0.15, 0.2) is 57.5 Å². The number of rotatable bonds is 8. The molecule has 0 radical (unpaired) electrons. The molecule has 34 heavy (non-hydrogen) atoms. The number of carbonyl (C=O) groups is 1. The molecule has 0 saturated carbocycles. The van der Waals surface area contributed by atoms with Crippen molar-refractivity contribution < 1.29 is 24.5 Å². The van der Waals surface area contributed by atoms with Crippen molar-refractivity contribution >= 4 is 37.8 Å². The van der Waals surface area contributed by atoms with Crippen molar-refractivity contribution in [2.24, 2.45) is 0 Å². The van der Waals surface area contributed by atoms with E-state index in [1.165, 1.54) is 0 Å². The van der Waals surface area contributed by atoms with Crippen LogP contribution in [0.5, 0.6) is 17.2 Å². The fourth-order valence-corrected chi connectivity index (χ4v) is 5.10. The Kier molecular flexibility index (Phi) is 8.44. The molecule has 2 atom stereocenters. The second kappa shape index (κ2) is 10.9. The molecule has 0 bridgehead atoms. The Balaban J connectivity index is 2.15. The van der Waals surface area contributed by atoms with Crippen molar-refractivity contribution in [3.63, 3.8) is 0 Å². The normalized spacial score (nSPS) is 13.0. The number of hydrogen-bond donors (Lipinski definition) is 2. The number of methoxy groups -OCH3 is 1. The molecule has 0 spiro atoms. The van der Waals surface area contributed by atoms with Crippen molar-refractivity contribution in [2.45, 2.75) is 45.6 Å². The van der Waals surface area contributed by atoms with E-state index in [4.69, 9.17) is 9.47 Å². The topological polar surface area (TPSA) is 76.0 Å². The molecule has 0 aliphatic rings. The summed E-state index contributed by atoms with van der Waals surface area (Å²) in [5.41, 5.74) is 3.93. The van der Waals surface area contributed by atoms with Crippen LogP contribution < -0.4 is 9.47 Å². The summed E-state index contributed by atoms with van der Waals surface area (Å²) in [6.45, 7) is 7.73.